The van der Waals surface area contributed by atoms with Gasteiger partial charge in [-0.05, 0) is 54.9 Å². The van der Waals surface area contributed by atoms with Crippen LogP contribution in [-0.4, -0.2) is 16.0 Å². The van der Waals surface area contributed by atoms with E-state index in [1.165, 1.54) is 11.1 Å². The minimum Gasteiger partial charge on any atom is -0.299 e. The third-order valence-electron chi connectivity index (χ3n) is 4.51. The molecule has 3 rings (SSSR count). The lowest BCUT2D eigenvalue weighted by molar-refractivity contribution is -0.116. The van der Waals surface area contributed by atoms with Gasteiger partial charge in [0.25, 0.3) is 0 Å². The number of carbonyl (C=O) groups is 1. The lowest BCUT2D eigenvalue weighted by Crippen LogP contribution is -2.19. The molecule has 1 heterocycles. The normalized spacial score (nSPS) is 21.4. The summed E-state index contributed by atoms with van der Waals surface area (Å²) in [5.41, 5.74) is 2.88. The quantitative estimate of drug-likeness (QED) is 0.762. The summed E-state index contributed by atoms with van der Waals surface area (Å²) < 4.78 is 0. The fourth-order valence-corrected chi connectivity index (χ4v) is 4.37. The van der Waals surface area contributed by atoms with Crippen LogP contribution in [0.25, 0.3) is 0 Å². The first kappa shape index (κ1) is 15.3. The van der Waals surface area contributed by atoms with Crippen molar-refractivity contribution in [2.75, 3.05) is 0 Å². The average Bonchev–Trinajstić information content (AvgIpc) is 2.83. The number of thioether (sulfide) groups is 1. The Bertz CT molecular complexity index is 655. The van der Waals surface area contributed by atoms with Crippen molar-refractivity contribution in [3.63, 3.8) is 0 Å². The first-order valence-corrected chi connectivity index (χ1v) is 8.69. The molecule has 0 amide bonds. The number of fused-ring (bicyclic) bond motifs is 1. The first-order chi connectivity index (χ1) is 10.6. The van der Waals surface area contributed by atoms with Crippen LogP contribution in [0.15, 0.2) is 53.7 Å². The molecule has 1 aliphatic carbocycles. The van der Waals surface area contributed by atoms with Gasteiger partial charge in [-0.1, -0.05) is 49.0 Å². The summed E-state index contributed by atoms with van der Waals surface area (Å²) in [5, 5.41) is 0.912. The second-order valence-electron chi connectivity index (χ2n) is 6.11. The standard InChI is InChI=1S/C19H21NOS/c1-13-11-15-7-3-4-8-16(15)17(13)12-18(14(2)21)22-19-9-5-6-10-20-19/h3-10,13,17-18H,11-12H2,1-2H3/t13-,17+,18?/m0/s1. The summed E-state index contributed by atoms with van der Waals surface area (Å²) >= 11 is 1.60. The van der Waals surface area contributed by atoms with Crippen LogP contribution in [0.1, 0.15) is 37.3 Å². The Morgan fingerprint density at radius 3 is 2.77 bits per heavy atom. The molecule has 3 atom stereocenters. The number of hydrogen-bond acceptors (Lipinski definition) is 3. The van der Waals surface area contributed by atoms with E-state index >= 15 is 0 Å². The highest BCUT2D eigenvalue weighted by molar-refractivity contribution is 8.00. The van der Waals surface area contributed by atoms with Gasteiger partial charge in [0.05, 0.1) is 10.3 Å². The fourth-order valence-electron chi connectivity index (χ4n) is 3.33. The number of Topliss-reactive ketones (excluding diaryl/α,β-unsaturated/α-hetero) is 1. The van der Waals surface area contributed by atoms with E-state index in [0.717, 1.165) is 17.9 Å². The lowest BCUT2D eigenvalue weighted by atomic mass is 9.89. The zero-order chi connectivity index (χ0) is 15.5. The Labute approximate surface area is 136 Å². The van der Waals surface area contributed by atoms with Gasteiger partial charge in [0.2, 0.25) is 0 Å². The molecule has 114 valence electrons. The zero-order valence-electron chi connectivity index (χ0n) is 13.0. The Balaban J connectivity index is 1.78. The number of aromatic nitrogens is 1. The average molecular weight is 311 g/mol. The van der Waals surface area contributed by atoms with Crippen molar-refractivity contribution in [3.8, 4) is 0 Å². The van der Waals surface area contributed by atoms with Gasteiger partial charge in [0.1, 0.15) is 5.78 Å². The predicted octanol–water partition coefficient (Wildman–Crippen LogP) is 4.50. The maximum absolute atomic E-state index is 12.1. The molecule has 0 N–H and O–H groups in total. The second-order valence-corrected chi connectivity index (χ2v) is 7.33. The molecule has 0 saturated carbocycles. The van der Waals surface area contributed by atoms with Crippen molar-refractivity contribution in [1.82, 2.24) is 4.98 Å². The molecule has 0 spiro atoms. The molecular formula is C19H21NOS. The zero-order valence-corrected chi connectivity index (χ0v) is 13.8. The van der Waals surface area contributed by atoms with E-state index in [0.29, 0.717) is 11.8 Å². The van der Waals surface area contributed by atoms with Crippen LogP contribution in [0.4, 0.5) is 0 Å². The number of carbonyl (C=O) groups excluding carboxylic acids is 1. The van der Waals surface area contributed by atoms with Crippen molar-refractivity contribution in [2.45, 2.75) is 42.9 Å². The molecule has 1 aliphatic rings. The third-order valence-corrected chi connectivity index (χ3v) is 5.80. The Kier molecular flexibility index (Phi) is 4.63. The van der Waals surface area contributed by atoms with Gasteiger partial charge in [-0.3, -0.25) is 4.79 Å². The molecule has 22 heavy (non-hydrogen) atoms. The van der Waals surface area contributed by atoms with Gasteiger partial charge in [0, 0.05) is 6.20 Å². The van der Waals surface area contributed by atoms with Gasteiger partial charge in [-0.2, -0.15) is 0 Å². The summed E-state index contributed by atoms with van der Waals surface area (Å²) in [7, 11) is 0. The maximum atomic E-state index is 12.1. The van der Waals surface area contributed by atoms with Gasteiger partial charge >= 0.3 is 0 Å². The number of hydrogen-bond donors (Lipinski definition) is 0. The molecule has 2 aromatic rings. The molecule has 0 saturated heterocycles. The SMILES string of the molecule is CC(=O)C(C[C@H]1c2ccccc2C[C@@H]1C)Sc1ccccn1. The maximum Gasteiger partial charge on any atom is 0.143 e. The number of ketones is 1. The van der Waals surface area contributed by atoms with E-state index in [1.54, 1.807) is 24.9 Å². The number of benzene rings is 1. The first-order valence-electron chi connectivity index (χ1n) is 7.81. The van der Waals surface area contributed by atoms with Crippen LogP contribution in [0, 0.1) is 5.92 Å². The molecule has 2 nitrogen and oxygen atoms in total. The number of nitrogens with zero attached hydrogens (tertiary/aromatic N) is 1. The summed E-state index contributed by atoms with van der Waals surface area (Å²) in [4.78, 5) is 16.5. The van der Waals surface area contributed by atoms with E-state index in [-0.39, 0.29) is 11.0 Å². The van der Waals surface area contributed by atoms with Crippen LogP contribution in [0.3, 0.4) is 0 Å². The van der Waals surface area contributed by atoms with Crippen molar-refractivity contribution in [1.29, 1.82) is 0 Å². The van der Waals surface area contributed by atoms with Gasteiger partial charge < -0.3 is 0 Å². The highest BCUT2D eigenvalue weighted by Crippen LogP contribution is 2.42. The van der Waals surface area contributed by atoms with Crippen molar-refractivity contribution < 1.29 is 4.79 Å². The Hall–Kier alpha value is -1.61. The highest BCUT2D eigenvalue weighted by atomic mass is 32.2. The summed E-state index contributed by atoms with van der Waals surface area (Å²) in [6, 6.07) is 14.5. The minimum absolute atomic E-state index is 0.0199. The van der Waals surface area contributed by atoms with E-state index in [9.17, 15) is 4.79 Å². The summed E-state index contributed by atoms with van der Waals surface area (Å²) in [6.45, 7) is 4.00. The molecule has 0 bridgehead atoms. The van der Waals surface area contributed by atoms with Crippen LogP contribution in [-0.2, 0) is 11.2 Å². The second kappa shape index (κ2) is 6.66. The predicted molar refractivity (Wildman–Crippen MR) is 91.2 cm³/mol. The molecule has 3 heteroatoms. The van der Waals surface area contributed by atoms with Crippen molar-refractivity contribution >= 4 is 17.5 Å². The molecule has 0 aliphatic heterocycles. The van der Waals surface area contributed by atoms with E-state index in [1.807, 2.05) is 18.2 Å². The molecule has 1 aromatic carbocycles. The van der Waals surface area contributed by atoms with Crippen molar-refractivity contribution in [3.05, 3.63) is 59.8 Å². The van der Waals surface area contributed by atoms with E-state index in [4.69, 9.17) is 0 Å². The summed E-state index contributed by atoms with van der Waals surface area (Å²) in [5.74, 6) is 1.32. The van der Waals surface area contributed by atoms with Crippen LogP contribution in [0.2, 0.25) is 0 Å². The fraction of sp³-hybridized carbons (Fsp3) is 0.368. The molecular weight excluding hydrogens is 290 g/mol. The van der Waals surface area contributed by atoms with Crippen LogP contribution in [0.5, 0.6) is 0 Å². The van der Waals surface area contributed by atoms with Crippen molar-refractivity contribution in [2.24, 2.45) is 5.92 Å². The van der Waals surface area contributed by atoms with Gasteiger partial charge in [-0.15, -0.1) is 0 Å². The highest BCUT2D eigenvalue weighted by Gasteiger charge is 2.32. The van der Waals surface area contributed by atoms with Crippen LogP contribution >= 0.6 is 11.8 Å². The largest absolute Gasteiger partial charge is 0.299 e. The molecule has 1 aromatic heterocycles. The molecule has 0 fully saturated rings. The third kappa shape index (κ3) is 3.25. The molecule has 0 radical (unpaired) electrons. The lowest BCUT2D eigenvalue weighted by Gasteiger charge is -2.22. The Morgan fingerprint density at radius 1 is 1.27 bits per heavy atom. The van der Waals surface area contributed by atoms with E-state index in [2.05, 4.69) is 36.2 Å². The van der Waals surface area contributed by atoms with Gasteiger partial charge in [-0.25, -0.2) is 4.98 Å². The number of pyridine rings is 1. The monoisotopic (exact) mass is 311 g/mol. The Morgan fingerprint density at radius 2 is 2.05 bits per heavy atom. The van der Waals surface area contributed by atoms with Gasteiger partial charge in [0.15, 0.2) is 0 Å². The number of rotatable bonds is 5. The molecule has 1 unspecified atom stereocenters. The smallest absolute Gasteiger partial charge is 0.143 e. The van der Waals surface area contributed by atoms with E-state index < -0.39 is 0 Å². The topological polar surface area (TPSA) is 30.0 Å². The summed E-state index contributed by atoms with van der Waals surface area (Å²) in [6.07, 6.45) is 3.81. The minimum atomic E-state index is -0.0199. The van der Waals surface area contributed by atoms with Crippen LogP contribution < -0.4 is 0 Å².